The molecule has 0 unspecified atom stereocenters. The zero-order chi connectivity index (χ0) is 9.97. The maximum absolute atomic E-state index is 5.63. The molecular formula is C8H10Cl2N4. The van der Waals surface area contributed by atoms with Crippen molar-refractivity contribution in [3.05, 3.63) is 10.6 Å². The van der Waals surface area contributed by atoms with Crippen LogP contribution < -0.4 is 5.32 Å². The fraction of sp³-hybridized carbons (Fsp3) is 0.625. The second-order valence-corrected chi connectivity index (χ2v) is 4.05. The molecule has 1 heterocycles. The molecule has 1 N–H and O–H groups in total. The fourth-order valence-electron chi connectivity index (χ4n) is 1.34. The highest BCUT2D eigenvalue weighted by molar-refractivity contribution is 6.31. The quantitative estimate of drug-likeness (QED) is 0.870. The summed E-state index contributed by atoms with van der Waals surface area (Å²) in [7, 11) is 0. The number of hydrogen-bond acceptors (Lipinski definition) is 4. The Balaban J connectivity index is 1.94. The molecule has 1 aliphatic rings. The first-order valence-corrected chi connectivity index (χ1v) is 5.30. The molecule has 0 bridgehead atoms. The van der Waals surface area contributed by atoms with Gasteiger partial charge in [-0.25, -0.2) is 0 Å². The molecule has 0 amide bonds. The standard InChI is InChI=1S/C8H10Cl2N4/c9-6-12-7(10)14-8(13-6)11-4-5-2-1-3-5/h5H,1-4H2,(H,11,12,13,14). The zero-order valence-corrected chi connectivity index (χ0v) is 9.02. The van der Waals surface area contributed by atoms with E-state index in [0.29, 0.717) is 5.95 Å². The van der Waals surface area contributed by atoms with Gasteiger partial charge in [0.15, 0.2) is 0 Å². The lowest BCUT2D eigenvalue weighted by molar-refractivity contribution is 0.333. The lowest BCUT2D eigenvalue weighted by Crippen LogP contribution is -2.21. The predicted molar refractivity (Wildman–Crippen MR) is 55.7 cm³/mol. The summed E-state index contributed by atoms with van der Waals surface area (Å²) in [5.74, 6) is 1.20. The Labute approximate surface area is 92.1 Å². The molecular weight excluding hydrogens is 223 g/mol. The topological polar surface area (TPSA) is 50.7 Å². The van der Waals surface area contributed by atoms with Crippen molar-refractivity contribution in [2.75, 3.05) is 11.9 Å². The summed E-state index contributed by atoms with van der Waals surface area (Å²) in [4.78, 5) is 11.5. The molecule has 2 rings (SSSR count). The maximum atomic E-state index is 5.63. The van der Waals surface area contributed by atoms with Gasteiger partial charge < -0.3 is 5.32 Å². The molecule has 4 nitrogen and oxygen atoms in total. The second kappa shape index (κ2) is 4.28. The number of nitrogens with zero attached hydrogens (tertiary/aromatic N) is 3. The molecule has 0 aliphatic heterocycles. The largest absolute Gasteiger partial charge is 0.354 e. The van der Waals surface area contributed by atoms with Gasteiger partial charge in [0.25, 0.3) is 0 Å². The van der Waals surface area contributed by atoms with Gasteiger partial charge in [0.05, 0.1) is 0 Å². The molecule has 1 aromatic heterocycles. The average molecular weight is 233 g/mol. The Hall–Kier alpha value is -0.610. The van der Waals surface area contributed by atoms with E-state index in [1.165, 1.54) is 19.3 Å². The Kier molecular flexibility index (Phi) is 3.03. The molecule has 14 heavy (non-hydrogen) atoms. The first kappa shape index (κ1) is 9.93. The number of nitrogens with one attached hydrogen (secondary N) is 1. The Morgan fingerprint density at radius 2 is 1.79 bits per heavy atom. The smallest absolute Gasteiger partial charge is 0.228 e. The van der Waals surface area contributed by atoms with E-state index in [2.05, 4.69) is 20.3 Å². The molecule has 1 fully saturated rings. The summed E-state index contributed by atoms with van der Waals surface area (Å²) in [6, 6.07) is 0. The van der Waals surface area contributed by atoms with Gasteiger partial charge in [0.2, 0.25) is 16.5 Å². The molecule has 0 atom stereocenters. The van der Waals surface area contributed by atoms with Crippen LogP contribution in [0.25, 0.3) is 0 Å². The summed E-state index contributed by atoms with van der Waals surface area (Å²) in [5.41, 5.74) is 0. The van der Waals surface area contributed by atoms with Gasteiger partial charge in [-0.3, -0.25) is 0 Å². The zero-order valence-electron chi connectivity index (χ0n) is 7.50. The molecule has 0 aromatic carbocycles. The Morgan fingerprint density at radius 1 is 1.14 bits per heavy atom. The molecule has 1 saturated carbocycles. The average Bonchev–Trinajstić information content (AvgIpc) is 1.99. The summed E-state index contributed by atoms with van der Waals surface area (Å²) >= 11 is 11.3. The van der Waals surface area contributed by atoms with Gasteiger partial charge in [-0.1, -0.05) is 6.42 Å². The monoisotopic (exact) mass is 232 g/mol. The van der Waals surface area contributed by atoms with Crippen LogP contribution in [0.15, 0.2) is 0 Å². The first-order valence-electron chi connectivity index (χ1n) is 4.55. The number of aromatic nitrogens is 3. The van der Waals surface area contributed by atoms with Crippen molar-refractivity contribution in [2.24, 2.45) is 5.92 Å². The van der Waals surface area contributed by atoms with Crippen LogP contribution in [0.2, 0.25) is 10.6 Å². The van der Waals surface area contributed by atoms with Crippen LogP contribution >= 0.6 is 23.2 Å². The highest BCUT2D eigenvalue weighted by Crippen LogP contribution is 2.26. The van der Waals surface area contributed by atoms with E-state index in [4.69, 9.17) is 23.2 Å². The summed E-state index contributed by atoms with van der Waals surface area (Å²) < 4.78 is 0. The van der Waals surface area contributed by atoms with Gasteiger partial charge in [0.1, 0.15) is 0 Å². The number of anilines is 1. The van der Waals surface area contributed by atoms with E-state index < -0.39 is 0 Å². The highest BCUT2D eigenvalue weighted by Gasteiger charge is 2.17. The second-order valence-electron chi connectivity index (χ2n) is 3.37. The molecule has 6 heteroatoms. The van der Waals surface area contributed by atoms with Crippen molar-refractivity contribution in [3.8, 4) is 0 Å². The Bertz CT molecular complexity index is 307. The van der Waals surface area contributed by atoms with Crippen LogP contribution in [-0.2, 0) is 0 Å². The van der Waals surface area contributed by atoms with E-state index in [1.807, 2.05) is 0 Å². The SMILES string of the molecule is Clc1nc(Cl)nc(NCC2CCC2)n1. The van der Waals surface area contributed by atoms with Crippen LogP contribution in [0.4, 0.5) is 5.95 Å². The fourth-order valence-corrected chi connectivity index (χ4v) is 1.70. The molecule has 1 aliphatic carbocycles. The van der Waals surface area contributed by atoms with Gasteiger partial charge in [-0.05, 0) is 42.0 Å². The maximum Gasteiger partial charge on any atom is 0.228 e. The normalized spacial score (nSPS) is 16.4. The summed E-state index contributed by atoms with van der Waals surface area (Å²) in [5, 5.41) is 3.35. The van der Waals surface area contributed by atoms with Gasteiger partial charge in [-0.2, -0.15) is 15.0 Å². The van der Waals surface area contributed by atoms with Crippen molar-refractivity contribution < 1.29 is 0 Å². The molecule has 1 aromatic rings. The van der Waals surface area contributed by atoms with E-state index in [-0.39, 0.29) is 10.6 Å². The van der Waals surface area contributed by atoms with Crippen molar-refractivity contribution in [3.63, 3.8) is 0 Å². The molecule has 76 valence electrons. The van der Waals surface area contributed by atoms with Crippen LogP contribution in [0.3, 0.4) is 0 Å². The van der Waals surface area contributed by atoms with Crippen LogP contribution in [0.1, 0.15) is 19.3 Å². The third-order valence-corrected chi connectivity index (χ3v) is 2.69. The lowest BCUT2D eigenvalue weighted by atomic mass is 9.85. The van der Waals surface area contributed by atoms with Gasteiger partial charge in [-0.15, -0.1) is 0 Å². The van der Waals surface area contributed by atoms with Gasteiger partial charge >= 0.3 is 0 Å². The van der Waals surface area contributed by atoms with Crippen molar-refractivity contribution in [1.82, 2.24) is 15.0 Å². The predicted octanol–water partition coefficient (Wildman–Crippen LogP) is 2.39. The summed E-state index contributed by atoms with van der Waals surface area (Å²) in [6.07, 6.45) is 3.88. The minimum atomic E-state index is 0.126. The highest BCUT2D eigenvalue weighted by atomic mass is 35.5. The van der Waals surface area contributed by atoms with Crippen molar-refractivity contribution >= 4 is 29.2 Å². The molecule has 0 spiro atoms. The summed E-state index contributed by atoms with van der Waals surface area (Å²) in [6.45, 7) is 0.886. The Morgan fingerprint density at radius 3 is 2.29 bits per heavy atom. The first-order chi connectivity index (χ1) is 6.74. The van der Waals surface area contributed by atoms with E-state index in [9.17, 15) is 0 Å². The minimum absolute atomic E-state index is 0.126. The lowest BCUT2D eigenvalue weighted by Gasteiger charge is -2.25. The third kappa shape index (κ3) is 2.45. The van der Waals surface area contributed by atoms with Crippen LogP contribution in [-0.4, -0.2) is 21.5 Å². The molecule has 0 radical (unpaired) electrons. The number of rotatable bonds is 3. The van der Waals surface area contributed by atoms with Crippen molar-refractivity contribution in [1.29, 1.82) is 0 Å². The van der Waals surface area contributed by atoms with E-state index >= 15 is 0 Å². The number of hydrogen-bond donors (Lipinski definition) is 1. The van der Waals surface area contributed by atoms with E-state index in [1.54, 1.807) is 0 Å². The van der Waals surface area contributed by atoms with Crippen LogP contribution in [0.5, 0.6) is 0 Å². The van der Waals surface area contributed by atoms with Gasteiger partial charge in [0, 0.05) is 6.54 Å². The molecule has 0 saturated heterocycles. The van der Waals surface area contributed by atoms with Crippen LogP contribution in [0, 0.1) is 5.92 Å². The minimum Gasteiger partial charge on any atom is -0.354 e. The number of halogens is 2. The van der Waals surface area contributed by atoms with E-state index in [0.717, 1.165) is 12.5 Å². The van der Waals surface area contributed by atoms with Crippen molar-refractivity contribution in [2.45, 2.75) is 19.3 Å². The third-order valence-electron chi connectivity index (χ3n) is 2.35.